The maximum Gasteiger partial charge on any atom is 0.318 e. The van der Waals surface area contributed by atoms with Gasteiger partial charge in [-0.2, -0.15) is 0 Å². The van der Waals surface area contributed by atoms with Crippen molar-refractivity contribution < 1.29 is 19.4 Å². The molecule has 1 amide bonds. The molecule has 0 saturated heterocycles. The lowest BCUT2D eigenvalue weighted by Gasteiger charge is -2.23. The van der Waals surface area contributed by atoms with Gasteiger partial charge in [0.05, 0.1) is 7.11 Å². The highest BCUT2D eigenvalue weighted by molar-refractivity contribution is 6.01. The first-order chi connectivity index (χ1) is 9.95. The van der Waals surface area contributed by atoms with Crippen LogP contribution in [0.2, 0.25) is 0 Å². The molecule has 1 aromatic rings. The monoisotopic (exact) mass is 291 g/mol. The van der Waals surface area contributed by atoms with Gasteiger partial charge in [0.25, 0.3) is 0 Å². The van der Waals surface area contributed by atoms with E-state index >= 15 is 0 Å². The Balaban J connectivity index is 2.00. The number of carbonyl (C=O) groups excluding carboxylic acids is 1. The zero-order valence-electron chi connectivity index (χ0n) is 12.4. The molecule has 1 fully saturated rings. The van der Waals surface area contributed by atoms with Crippen molar-refractivity contribution in [3.8, 4) is 5.75 Å². The molecule has 1 atom stereocenters. The Morgan fingerprint density at radius 2 is 1.95 bits per heavy atom. The van der Waals surface area contributed by atoms with Crippen LogP contribution in [0.1, 0.15) is 31.7 Å². The van der Waals surface area contributed by atoms with E-state index in [4.69, 9.17) is 4.74 Å². The fourth-order valence-corrected chi connectivity index (χ4v) is 2.08. The fourth-order valence-electron chi connectivity index (χ4n) is 2.08. The SMILES string of the molecule is COc1ccc(CCC(C)(C(=O)O)C(=O)NC2CC2)cc1. The average Bonchev–Trinajstić information content (AvgIpc) is 3.28. The van der Waals surface area contributed by atoms with Crippen LogP contribution in [0.5, 0.6) is 5.75 Å². The van der Waals surface area contributed by atoms with Crippen molar-refractivity contribution in [1.29, 1.82) is 0 Å². The van der Waals surface area contributed by atoms with Gasteiger partial charge >= 0.3 is 5.97 Å². The molecular formula is C16H21NO4. The number of ether oxygens (including phenoxy) is 1. The number of amides is 1. The van der Waals surface area contributed by atoms with Crippen LogP contribution in [-0.4, -0.2) is 30.1 Å². The number of methoxy groups -OCH3 is 1. The zero-order chi connectivity index (χ0) is 15.5. The molecule has 2 N–H and O–H groups in total. The van der Waals surface area contributed by atoms with E-state index in [1.54, 1.807) is 7.11 Å². The lowest BCUT2D eigenvalue weighted by atomic mass is 9.83. The van der Waals surface area contributed by atoms with Gasteiger partial charge in [-0.25, -0.2) is 0 Å². The summed E-state index contributed by atoms with van der Waals surface area (Å²) in [6, 6.07) is 7.60. The number of benzene rings is 1. The van der Waals surface area contributed by atoms with Crippen LogP contribution in [0.25, 0.3) is 0 Å². The van der Waals surface area contributed by atoms with E-state index in [2.05, 4.69) is 5.32 Å². The molecule has 0 aliphatic heterocycles. The Morgan fingerprint density at radius 3 is 2.43 bits per heavy atom. The van der Waals surface area contributed by atoms with Crippen molar-refractivity contribution >= 4 is 11.9 Å². The Morgan fingerprint density at radius 1 is 1.33 bits per heavy atom. The summed E-state index contributed by atoms with van der Waals surface area (Å²) in [5.41, 5.74) is -0.398. The number of rotatable bonds is 7. The summed E-state index contributed by atoms with van der Waals surface area (Å²) in [7, 11) is 1.60. The topological polar surface area (TPSA) is 75.6 Å². The summed E-state index contributed by atoms with van der Waals surface area (Å²) in [5.74, 6) is -0.702. The predicted molar refractivity (Wildman–Crippen MR) is 78.2 cm³/mol. The van der Waals surface area contributed by atoms with E-state index in [9.17, 15) is 14.7 Å². The van der Waals surface area contributed by atoms with Crippen LogP contribution in [-0.2, 0) is 16.0 Å². The Hall–Kier alpha value is -2.04. The van der Waals surface area contributed by atoms with Gasteiger partial charge in [0.15, 0.2) is 0 Å². The fraction of sp³-hybridized carbons (Fsp3) is 0.500. The lowest BCUT2D eigenvalue weighted by Crippen LogP contribution is -2.45. The Bertz CT molecular complexity index is 522. The van der Waals surface area contributed by atoms with Crippen LogP contribution in [0.15, 0.2) is 24.3 Å². The van der Waals surface area contributed by atoms with Crippen LogP contribution in [0, 0.1) is 5.41 Å². The molecule has 1 unspecified atom stereocenters. The molecule has 0 radical (unpaired) electrons. The first-order valence-corrected chi connectivity index (χ1v) is 7.13. The van der Waals surface area contributed by atoms with Gasteiger partial charge in [0, 0.05) is 6.04 Å². The Kier molecular flexibility index (Phi) is 4.50. The van der Waals surface area contributed by atoms with E-state index in [1.165, 1.54) is 6.92 Å². The minimum absolute atomic E-state index is 0.164. The molecule has 2 rings (SSSR count). The van der Waals surface area contributed by atoms with Crippen molar-refractivity contribution in [3.63, 3.8) is 0 Å². The highest BCUT2D eigenvalue weighted by Gasteiger charge is 2.42. The molecule has 0 spiro atoms. The van der Waals surface area contributed by atoms with Gasteiger partial charge < -0.3 is 15.2 Å². The smallest absolute Gasteiger partial charge is 0.318 e. The molecule has 1 aromatic carbocycles. The number of aliphatic carboxylic acids is 1. The van der Waals surface area contributed by atoms with Gasteiger partial charge in [-0.15, -0.1) is 0 Å². The van der Waals surface area contributed by atoms with Gasteiger partial charge in [-0.1, -0.05) is 12.1 Å². The quantitative estimate of drug-likeness (QED) is 0.753. The van der Waals surface area contributed by atoms with Crippen LogP contribution in [0.3, 0.4) is 0 Å². The molecule has 1 aliphatic carbocycles. The summed E-state index contributed by atoms with van der Waals surface area (Å²) in [5, 5.41) is 12.2. The normalized spacial score (nSPS) is 16.9. The maximum atomic E-state index is 12.2. The lowest BCUT2D eigenvalue weighted by molar-refractivity contribution is -0.155. The molecule has 1 saturated carbocycles. The standard InChI is InChI=1S/C16H21NO4/c1-16(15(19)20,14(18)17-12-5-6-12)10-9-11-3-7-13(21-2)8-4-11/h3-4,7-8,12H,5-6,9-10H2,1-2H3,(H,17,18)(H,19,20). The highest BCUT2D eigenvalue weighted by atomic mass is 16.5. The first kappa shape index (κ1) is 15.4. The molecule has 5 heteroatoms. The third kappa shape index (κ3) is 3.74. The number of carboxylic acids is 1. The molecule has 0 heterocycles. The van der Waals surface area contributed by atoms with E-state index in [1.807, 2.05) is 24.3 Å². The molecule has 21 heavy (non-hydrogen) atoms. The number of hydrogen-bond acceptors (Lipinski definition) is 3. The second-order valence-electron chi connectivity index (χ2n) is 5.73. The number of hydrogen-bond donors (Lipinski definition) is 2. The van der Waals surface area contributed by atoms with Crippen molar-refractivity contribution in [2.24, 2.45) is 5.41 Å². The van der Waals surface area contributed by atoms with Crippen LogP contribution < -0.4 is 10.1 Å². The molecule has 114 valence electrons. The largest absolute Gasteiger partial charge is 0.497 e. The maximum absolute atomic E-state index is 12.2. The average molecular weight is 291 g/mol. The molecular weight excluding hydrogens is 270 g/mol. The number of nitrogens with one attached hydrogen (secondary N) is 1. The van der Waals surface area contributed by atoms with E-state index in [0.717, 1.165) is 24.2 Å². The van der Waals surface area contributed by atoms with Crippen molar-refractivity contribution in [2.45, 2.75) is 38.6 Å². The number of carboxylic acid groups (broad SMARTS) is 1. The summed E-state index contributed by atoms with van der Waals surface area (Å²) >= 11 is 0. The zero-order valence-corrected chi connectivity index (χ0v) is 12.4. The van der Waals surface area contributed by atoms with Crippen molar-refractivity contribution in [2.75, 3.05) is 7.11 Å². The summed E-state index contributed by atoms with van der Waals surface area (Å²) < 4.78 is 5.08. The molecule has 5 nitrogen and oxygen atoms in total. The number of carbonyl (C=O) groups is 2. The van der Waals surface area contributed by atoms with Gasteiger partial charge in [0.2, 0.25) is 5.91 Å². The van der Waals surface area contributed by atoms with Crippen LogP contribution >= 0.6 is 0 Å². The van der Waals surface area contributed by atoms with Gasteiger partial charge in [0.1, 0.15) is 11.2 Å². The van der Waals surface area contributed by atoms with E-state index in [0.29, 0.717) is 6.42 Å². The third-order valence-electron chi connectivity index (χ3n) is 3.96. The summed E-state index contributed by atoms with van der Waals surface area (Å²) in [6.45, 7) is 1.50. The van der Waals surface area contributed by atoms with Crippen molar-refractivity contribution in [1.82, 2.24) is 5.32 Å². The first-order valence-electron chi connectivity index (χ1n) is 7.13. The minimum atomic E-state index is -1.39. The molecule has 0 aromatic heterocycles. The summed E-state index contributed by atoms with van der Waals surface area (Å²) in [6.07, 6.45) is 2.69. The van der Waals surface area contributed by atoms with Crippen LogP contribution in [0.4, 0.5) is 0 Å². The second kappa shape index (κ2) is 6.16. The minimum Gasteiger partial charge on any atom is -0.497 e. The predicted octanol–water partition coefficient (Wildman–Crippen LogP) is 2.00. The van der Waals surface area contributed by atoms with Gasteiger partial charge in [-0.3, -0.25) is 9.59 Å². The molecule has 0 bridgehead atoms. The third-order valence-corrected chi connectivity index (χ3v) is 3.96. The summed E-state index contributed by atoms with van der Waals surface area (Å²) in [4.78, 5) is 23.7. The van der Waals surface area contributed by atoms with Crippen molar-refractivity contribution in [3.05, 3.63) is 29.8 Å². The highest BCUT2D eigenvalue weighted by Crippen LogP contribution is 2.28. The number of aryl methyl sites for hydroxylation is 1. The Labute approximate surface area is 124 Å². The molecule has 1 aliphatic rings. The van der Waals surface area contributed by atoms with E-state index < -0.39 is 11.4 Å². The van der Waals surface area contributed by atoms with E-state index in [-0.39, 0.29) is 18.4 Å². The van der Waals surface area contributed by atoms with Gasteiger partial charge in [-0.05, 0) is 50.3 Å². The second-order valence-corrected chi connectivity index (χ2v) is 5.73.